The number of anilines is 1. The van der Waals surface area contributed by atoms with Crippen LogP contribution in [0.1, 0.15) is 11.1 Å². The molecule has 0 saturated heterocycles. The summed E-state index contributed by atoms with van der Waals surface area (Å²) in [6.07, 6.45) is 3.87. The fraction of sp³-hybridized carbons (Fsp3) is 0.0769. The van der Waals surface area contributed by atoms with E-state index in [9.17, 15) is 13.2 Å². The molecule has 0 atom stereocenters. The highest BCUT2D eigenvalue weighted by Gasteiger charge is 2.15. The number of aromatic amines is 1. The van der Waals surface area contributed by atoms with E-state index >= 15 is 0 Å². The number of carboxylic acid groups (broad SMARTS) is 1. The summed E-state index contributed by atoms with van der Waals surface area (Å²) < 4.78 is 26.7. The molecule has 1 aromatic carbocycles. The summed E-state index contributed by atoms with van der Waals surface area (Å²) in [5.74, 6) is -0.757. The summed E-state index contributed by atoms with van der Waals surface area (Å²) in [6.45, 7) is 1.72. The molecule has 0 bridgehead atoms. The van der Waals surface area contributed by atoms with Crippen molar-refractivity contribution >= 4 is 27.9 Å². The summed E-state index contributed by atoms with van der Waals surface area (Å²) in [5.41, 5.74) is 1.27. The lowest BCUT2D eigenvalue weighted by atomic mass is 10.2. The van der Waals surface area contributed by atoms with Crippen LogP contribution in [-0.2, 0) is 14.8 Å². The van der Waals surface area contributed by atoms with Gasteiger partial charge in [-0.15, -0.1) is 0 Å². The van der Waals surface area contributed by atoms with Crippen molar-refractivity contribution in [2.45, 2.75) is 11.8 Å². The third-order valence-electron chi connectivity index (χ3n) is 2.67. The molecule has 0 aliphatic rings. The van der Waals surface area contributed by atoms with Gasteiger partial charge in [-0.05, 0) is 30.7 Å². The zero-order valence-corrected chi connectivity index (χ0v) is 11.9. The Morgan fingerprint density at radius 3 is 2.52 bits per heavy atom. The van der Waals surface area contributed by atoms with Gasteiger partial charge in [-0.3, -0.25) is 9.82 Å². The molecule has 0 unspecified atom stereocenters. The Balaban J connectivity index is 2.21. The van der Waals surface area contributed by atoms with E-state index in [4.69, 9.17) is 5.11 Å². The molecule has 0 aliphatic carbocycles. The molecule has 0 amide bonds. The third kappa shape index (κ3) is 3.69. The molecule has 1 aromatic heterocycles. The minimum atomic E-state index is -3.72. The molecular formula is C13H13N3O4S. The number of aryl methyl sites for hydroxylation is 1. The molecule has 0 spiro atoms. The first-order valence-corrected chi connectivity index (χ1v) is 7.41. The van der Waals surface area contributed by atoms with Crippen LogP contribution in [0.2, 0.25) is 0 Å². The Labute approximate surface area is 121 Å². The Hall–Kier alpha value is -2.61. The summed E-state index contributed by atoms with van der Waals surface area (Å²) in [5, 5.41) is 14.8. The van der Waals surface area contributed by atoms with Gasteiger partial charge >= 0.3 is 5.97 Å². The molecule has 2 aromatic rings. The van der Waals surface area contributed by atoms with E-state index in [-0.39, 0.29) is 4.90 Å². The quantitative estimate of drug-likeness (QED) is 0.727. The molecule has 2 rings (SSSR count). The Kier molecular flexibility index (Phi) is 4.08. The number of carboxylic acids is 1. The molecule has 0 aliphatic heterocycles. The van der Waals surface area contributed by atoms with Gasteiger partial charge in [0.05, 0.1) is 11.1 Å². The lowest BCUT2D eigenvalue weighted by molar-refractivity contribution is -0.131. The molecule has 0 saturated carbocycles. The van der Waals surface area contributed by atoms with Crippen molar-refractivity contribution in [1.82, 2.24) is 10.2 Å². The predicted octanol–water partition coefficient (Wildman–Crippen LogP) is 1.62. The van der Waals surface area contributed by atoms with E-state index in [1.807, 2.05) is 0 Å². The first-order valence-electron chi connectivity index (χ1n) is 5.92. The smallest absolute Gasteiger partial charge is 0.328 e. The normalized spacial score (nSPS) is 11.7. The maximum Gasteiger partial charge on any atom is 0.328 e. The highest BCUT2D eigenvalue weighted by Crippen LogP contribution is 2.17. The SMILES string of the molecule is Cc1cn[nH]c1NS(=O)(=O)c1ccc(/C=C/C(=O)O)cc1. The number of nitrogens with one attached hydrogen (secondary N) is 2. The van der Waals surface area contributed by atoms with Crippen LogP contribution < -0.4 is 4.72 Å². The maximum absolute atomic E-state index is 12.2. The number of sulfonamides is 1. The van der Waals surface area contributed by atoms with Gasteiger partial charge in [0.25, 0.3) is 10.0 Å². The van der Waals surface area contributed by atoms with E-state index in [0.717, 1.165) is 6.08 Å². The molecule has 110 valence electrons. The van der Waals surface area contributed by atoms with Gasteiger partial charge < -0.3 is 5.11 Å². The van der Waals surface area contributed by atoms with Gasteiger partial charge in [-0.25, -0.2) is 13.2 Å². The zero-order valence-electron chi connectivity index (χ0n) is 11.1. The molecule has 3 N–H and O–H groups in total. The first kappa shape index (κ1) is 14.8. The number of nitrogens with zero attached hydrogens (tertiary/aromatic N) is 1. The minimum Gasteiger partial charge on any atom is -0.478 e. The van der Waals surface area contributed by atoms with Gasteiger partial charge in [0, 0.05) is 11.6 Å². The summed E-state index contributed by atoms with van der Waals surface area (Å²) >= 11 is 0. The van der Waals surface area contributed by atoms with Crippen LogP contribution in [0.5, 0.6) is 0 Å². The maximum atomic E-state index is 12.2. The molecule has 0 radical (unpaired) electrons. The summed E-state index contributed by atoms with van der Waals surface area (Å²) in [4.78, 5) is 10.5. The fourth-order valence-electron chi connectivity index (χ4n) is 1.57. The number of aromatic nitrogens is 2. The molecule has 0 fully saturated rings. The second-order valence-corrected chi connectivity index (χ2v) is 5.96. The second-order valence-electron chi connectivity index (χ2n) is 4.27. The third-order valence-corrected chi connectivity index (χ3v) is 4.04. The predicted molar refractivity (Wildman–Crippen MR) is 77.2 cm³/mol. The first-order chi connectivity index (χ1) is 9.88. The van der Waals surface area contributed by atoms with E-state index < -0.39 is 16.0 Å². The Bertz CT molecular complexity index is 776. The van der Waals surface area contributed by atoms with Gasteiger partial charge in [-0.1, -0.05) is 12.1 Å². The van der Waals surface area contributed by atoms with Crippen molar-refractivity contribution in [3.63, 3.8) is 0 Å². The number of benzene rings is 1. The highest BCUT2D eigenvalue weighted by molar-refractivity contribution is 7.92. The average molecular weight is 307 g/mol. The van der Waals surface area contributed by atoms with Gasteiger partial charge in [0.1, 0.15) is 5.82 Å². The largest absolute Gasteiger partial charge is 0.478 e. The minimum absolute atomic E-state index is 0.0731. The van der Waals surface area contributed by atoms with E-state index in [1.54, 1.807) is 6.92 Å². The van der Waals surface area contributed by atoms with Crippen LogP contribution in [0.3, 0.4) is 0 Å². The van der Waals surface area contributed by atoms with Crippen LogP contribution in [0.25, 0.3) is 6.08 Å². The van der Waals surface area contributed by atoms with Crippen molar-refractivity contribution in [1.29, 1.82) is 0 Å². The van der Waals surface area contributed by atoms with Crippen molar-refractivity contribution in [2.24, 2.45) is 0 Å². The van der Waals surface area contributed by atoms with Gasteiger partial charge in [0.15, 0.2) is 0 Å². The van der Waals surface area contributed by atoms with E-state index in [1.165, 1.54) is 36.5 Å². The lowest BCUT2D eigenvalue weighted by Crippen LogP contribution is -2.13. The van der Waals surface area contributed by atoms with E-state index in [0.29, 0.717) is 16.9 Å². The van der Waals surface area contributed by atoms with Gasteiger partial charge in [-0.2, -0.15) is 5.10 Å². The number of hydrogen-bond donors (Lipinski definition) is 3. The Morgan fingerprint density at radius 2 is 2.00 bits per heavy atom. The van der Waals surface area contributed by atoms with E-state index in [2.05, 4.69) is 14.9 Å². The fourth-order valence-corrected chi connectivity index (χ4v) is 2.66. The molecular weight excluding hydrogens is 294 g/mol. The number of aliphatic carboxylic acids is 1. The van der Waals surface area contributed by atoms with Crippen molar-refractivity contribution in [2.75, 3.05) is 4.72 Å². The molecule has 1 heterocycles. The topological polar surface area (TPSA) is 112 Å². The highest BCUT2D eigenvalue weighted by atomic mass is 32.2. The van der Waals surface area contributed by atoms with Gasteiger partial charge in [0.2, 0.25) is 0 Å². The molecule has 21 heavy (non-hydrogen) atoms. The lowest BCUT2D eigenvalue weighted by Gasteiger charge is -2.07. The summed E-state index contributed by atoms with van der Waals surface area (Å²) in [6, 6.07) is 5.84. The number of H-pyrrole nitrogens is 1. The van der Waals surface area contributed by atoms with Crippen LogP contribution in [0.4, 0.5) is 5.82 Å². The second kappa shape index (κ2) is 5.80. The van der Waals surface area contributed by atoms with Crippen LogP contribution in [-0.4, -0.2) is 29.7 Å². The standard InChI is InChI=1S/C13H13N3O4S/c1-9-8-14-15-13(9)16-21(19,20)11-5-2-10(3-6-11)4-7-12(17)18/h2-8H,1H3,(H,17,18)(H2,14,15,16)/b7-4+. The Morgan fingerprint density at radius 1 is 1.33 bits per heavy atom. The number of rotatable bonds is 5. The van der Waals surface area contributed by atoms with Crippen LogP contribution in [0.15, 0.2) is 41.4 Å². The molecule has 8 heteroatoms. The number of carbonyl (C=O) groups is 1. The van der Waals surface area contributed by atoms with Crippen molar-refractivity contribution in [3.8, 4) is 0 Å². The summed E-state index contributed by atoms with van der Waals surface area (Å²) in [7, 11) is -3.72. The van der Waals surface area contributed by atoms with Crippen molar-refractivity contribution in [3.05, 3.63) is 47.7 Å². The van der Waals surface area contributed by atoms with Crippen molar-refractivity contribution < 1.29 is 18.3 Å². The van der Waals surface area contributed by atoms with Crippen LogP contribution in [0, 0.1) is 6.92 Å². The average Bonchev–Trinajstić information content (AvgIpc) is 2.82. The monoisotopic (exact) mass is 307 g/mol. The number of hydrogen-bond acceptors (Lipinski definition) is 4. The molecule has 7 nitrogen and oxygen atoms in total. The van der Waals surface area contributed by atoms with Crippen LogP contribution >= 0.6 is 0 Å². The zero-order chi connectivity index (χ0) is 15.5.